The third kappa shape index (κ3) is 1.42. The van der Waals surface area contributed by atoms with Gasteiger partial charge in [0.15, 0.2) is 0 Å². The maximum atomic E-state index is 13.1. The van der Waals surface area contributed by atoms with E-state index < -0.39 is 11.6 Å². The molecule has 0 saturated carbocycles. The molecule has 66 valence electrons. The van der Waals surface area contributed by atoms with E-state index in [0.717, 1.165) is 6.07 Å². The molecule has 2 nitrogen and oxygen atoms in total. The second kappa shape index (κ2) is 2.97. The summed E-state index contributed by atoms with van der Waals surface area (Å²) in [6, 6.07) is 5.02. The minimum absolute atomic E-state index is 0.294. The van der Waals surface area contributed by atoms with E-state index in [9.17, 15) is 8.78 Å². The van der Waals surface area contributed by atoms with Crippen LogP contribution in [0.2, 0.25) is 0 Å². The number of halogens is 2. The molecule has 0 amide bonds. The lowest BCUT2D eigenvalue weighted by atomic mass is 10.1. The average Bonchev–Trinajstić information content (AvgIpc) is 2.56. The highest BCUT2D eigenvalue weighted by molar-refractivity contribution is 5.58. The van der Waals surface area contributed by atoms with Gasteiger partial charge in [-0.05, 0) is 18.2 Å². The van der Waals surface area contributed by atoms with Crippen molar-refractivity contribution in [2.24, 2.45) is 0 Å². The number of aromatic amines is 1. The largest absolute Gasteiger partial charge is 0.285 e. The highest BCUT2D eigenvalue weighted by Gasteiger charge is 2.06. The van der Waals surface area contributed by atoms with Gasteiger partial charge in [-0.3, -0.25) is 5.10 Å². The Hall–Kier alpha value is -1.71. The van der Waals surface area contributed by atoms with Gasteiger partial charge in [0, 0.05) is 17.8 Å². The first-order chi connectivity index (χ1) is 6.27. The van der Waals surface area contributed by atoms with Gasteiger partial charge >= 0.3 is 0 Å². The predicted molar refractivity (Wildman–Crippen MR) is 43.9 cm³/mol. The molecule has 4 heteroatoms. The molecule has 0 bridgehead atoms. The molecule has 0 atom stereocenters. The minimum atomic E-state index is -0.605. The van der Waals surface area contributed by atoms with Crippen LogP contribution in [0, 0.1) is 11.6 Å². The summed E-state index contributed by atoms with van der Waals surface area (Å²) in [7, 11) is 0. The number of H-pyrrole nitrogens is 1. The number of hydrogen-bond donors (Lipinski definition) is 1. The summed E-state index contributed by atoms with van der Waals surface area (Å²) in [5.74, 6) is -1.19. The summed E-state index contributed by atoms with van der Waals surface area (Å²) in [6.07, 6.45) is 1.58. The van der Waals surface area contributed by atoms with Crippen LogP contribution in [0.4, 0.5) is 8.78 Å². The first-order valence-corrected chi connectivity index (χ1v) is 3.72. The van der Waals surface area contributed by atoms with E-state index in [1.807, 2.05) is 0 Å². The van der Waals surface area contributed by atoms with Crippen molar-refractivity contribution in [2.45, 2.75) is 0 Å². The summed E-state index contributed by atoms with van der Waals surface area (Å²) in [5, 5.41) is 6.35. The maximum Gasteiger partial charge on any atom is 0.135 e. The van der Waals surface area contributed by atoms with E-state index in [1.54, 1.807) is 12.3 Å². The topological polar surface area (TPSA) is 28.7 Å². The molecule has 1 heterocycles. The molecule has 0 aliphatic heterocycles. The molecule has 0 radical (unpaired) electrons. The Morgan fingerprint density at radius 3 is 2.62 bits per heavy atom. The second-order valence-electron chi connectivity index (χ2n) is 2.58. The Bertz CT molecular complexity index is 410. The third-order valence-electron chi connectivity index (χ3n) is 1.71. The van der Waals surface area contributed by atoms with Gasteiger partial charge in [-0.25, -0.2) is 8.78 Å². The van der Waals surface area contributed by atoms with Crippen molar-refractivity contribution in [1.29, 1.82) is 0 Å². The van der Waals surface area contributed by atoms with Crippen LogP contribution in [0.5, 0.6) is 0 Å². The highest BCUT2D eigenvalue weighted by atomic mass is 19.1. The summed E-state index contributed by atoms with van der Waals surface area (Å²) in [4.78, 5) is 0. The summed E-state index contributed by atoms with van der Waals surface area (Å²) >= 11 is 0. The van der Waals surface area contributed by atoms with Crippen LogP contribution in [0.1, 0.15) is 0 Å². The highest BCUT2D eigenvalue weighted by Crippen LogP contribution is 2.20. The standard InChI is InChI=1S/C9H6F2N2/c10-6-1-2-7(8(11)5-6)9-3-4-12-13-9/h1-5H,(H,12,13). The van der Waals surface area contributed by atoms with Gasteiger partial charge in [0.25, 0.3) is 0 Å². The number of hydrogen-bond acceptors (Lipinski definition) is 1. The Kier molecular flexibility index (Phi) is 1.81. The van der Waals surface area contributed by atoms with Crippen molar-refractivity contribution < 1.29 is 8.78 Å². The Balaban J connectivity index is 2.53. The van der Waals surface area contributed by atoms with Crippen molar-refractivity contribution in [2.75, 3.05) is 0 Å². The number of benzene rings is 1. The first-order valence-electron chi connectivity index (χ1n) is 3.72. The van der Waals surface area contributed by atoms with Gasteiger partial charge in [-0.2, -0.15) is 5.10 Å². The van der Waals surface area contributed by atoms with Crippen molar-refractivity contribution in [3.63, 3.8) is 0 Å². The molecule has 0 saturated heterocycles. The summed E-state index contributed by atoms with van der Waals surface area (Å²) in [5.41, 5.74) is 0.764. The first kappa shape index (κ1) is 7.91. The van der Waals surface area contributed by atoms with Gasteiger partial charge in [0.1, 0.15) is 11.6 Å². The fourth-order valence-electron chi connectivity index (χ4n) is 1.11. The molecule has 0 aliphatic rings. The normalized spacial score (nSPS) is 10.3. The zero-order valence-electron chi connectivity index (χ0n) is 6.59. The molecule has 0 fully saturated rings. The SMILES string of the molecule is Fc1ccc(-c2cc[nH]n2)c(F)c1. The lowest BCUT2D eigenvalue weighted by Gasteiger charge is -1.97. The van der Waals surface area contributed by atoms with Gasteiger partial charge in [-0.1, -0.05) is 0 Å². The summed E-state index contributed by atoms with van der Waals surface area (Å²) in [6.45, 7) is 0. The van der Waals surface area contributed by atoms with Crippen LogP contribution in [0.3, 0.4) is 0 Å². The molecule has 13 heavy (non-hydrogen) atoms. The molecular weight excluding hydrogens is 174 g/mol. The Labute approximate surface area is 73.2 Å². The fourth-order valence-corrected chi connectivity index (χ4v) is 1.11. The van der Waals surface area contributed by atoms with Gasteiger partial charge in [0.2, 0.25) is 0 Å². The van der Waals surface area contributed by atoms with Gasteiger partial charge in [0.05, 0.1) is 5.69 Å². The van der Waals surface area contributed by atoms with Crippen LogP contribution in [-0.2, 0) is 0 Å². The number of rotatable bonds is 1. The van der Waals surface area contributed by atoms with E-state index in [0.29, 0.717) is 11.3 Å². The molecule has 1 aromatic carbocycles. The van der Waals surface area contributed by atoms with Crippen LogP contribution in [-0.4, -0.2) is 10.2 Å². The fraction of sp³-hybridized carbons (Fsp3) is 0. The van der Waals surface area contributed by atoms with Crippen LogP contribution < -0.4 is 0 Å². The maximum absolute atomic E-state index is 13.1. The van der Waals surface area contributed by atoms with Crippen molar-refractivity contribution in [3.05, 3.63) is 42.1 Å². The number of nitrogens with zero attached hydrogens (tertiary/aromatic N) is 1. The molecule has 1 aromatic heterocycles. The smallest absolute Gasteiger partial charge is 0.135 e. The zero-order valence-corrected chi connectivity index (χ0v) is 6.59. The third-order valence-corrected chi connectivity index (χ3v) is 1.71. The monoisotopic (exact) mass is 180 g/mol. The van der Waals surface area contributed by atoms with E-state index >= 15 is 0 Å². The molecule has 2 rings (SSSR count). The zero-order chi connectivity index (χ0) is 9.26. The van der Waals surface area contributed by atoms with E-state index in [-0.39, 0.29) is 0 Å². The van der Waals surface area contributed by atoms with Crippen LogP contribution in [0.15, 0.2) is 30.5 Å². The minimum Gasteiger partial charge on any atom is -0.285 e. The second-order valence-corrected chi connectivity index (χ2v) is 2.58. The van der Waals surface area contributed by atoms with E-state index in [4.69, 9.17) is 0 Å². The van der Waals surface area contributed by atoms with Crippen LogP contribution >= 0.6 is 0 Å². The van der Waals surface area contributed by atoms with E-state index in [2.05, 4.69) is 10.2 Å². The Morgan fingerprint density at radius 1 is 1.15 bits per heavy atom. The van der Waals surface area contributed by atoms with Crippen molar-refractivity contribution >= 4 is 0 Å². The molecule has 0 unspecified atom stereocenters. The van der Waals surface area contributed by atoms with E-state index in [1.165, 1.54) is 12.1 Å². The molecule has 2 aromatic rings. The lowest BCUT2D eigenvalue weighted by molar-refractivity contribution is 0.585. The van der Waals surface area contributed by atoms with Gasteiger partial charge < -0.3 is 0 Å². The molecule has 1 N–H and O–H groups in total. The molecule has 0 aliphatic carbocycles. The van der Waals surface area contributed by atoms with Crippen molar-refractivity contribution in [3.8, 4) is 11.3 Å². The lowest BCUT2D eigenvalue weighted by Crippen LogP contribution is -1.86. The van der Waals surface area contributed by atoms with Crippen molar-refractivity contribution in [1.82, 2.24) is 10.2 Å². The Morgan fingerprint density at radius 2 is 2.00 bits per heavy atom. The number of nitrogens with one attached hydrogen (secondary N) is 1. The molecule has 0 spiro atoms. The summed E-state index contributed by atoms with van der Waals surface area (Å²) < 4.78 is 25.6. The van der Waals surface area contributed by atoms with Crippen LogP contribution in [0.25, 0.3) is 11.3 Å². The molecular formula is C9H6F2N2. The quantitative estimate of drug-likeness (QED) is 0.716. The average molecular weight is 180 g/mol. The number of aromatic nitrogens is 2. The van der Waals surface area contributed by atoms with Gasteiger partial charge in [-0.15, -0.1) is 0 Å². The predicted octanol–water partition coefficient (Wildman–Crippen LogP) is 2.35.